The second-order valence-electron chi connectivity index (χ2n) is 7.10. The third-order valence-electron chi connectivity index (χ3n) is 5.42. The Morgan fingerprint density at radius 3 is 2.16 bits per heavy atom. The molecule has 1 unspecified atom stereocenters. The summed E-state index contributed by atoms with van der Waals surface area (Å²) in [6, 6.07) is 6.98. The SMILES string of the molecule is CCc1ccc(S(=O)(=O)N2CCCC3(CCCN3S(C)(=O)=O)C2)cc1. The molecule has 2 aliphatic rings. The number of hydrogen-bond donors (Lipinski definition) is 0. The summed E-state index contributed by atoms with van der Waals surface area (Å²) < 4.78 is 53.4. The van der Waals surface area contributed by atoms with Crippen molar-refractivity contribution in [3.8, 4) is 0 Å². The van der Waals surface area contributed by atoms with E-state index in [0.29, 0.717) is 19.5 Å². The third-order valence-corrected chi connectivity index (χ3v) is 8.65. The third kappa shape index (κ3) is 3.49. The number of sulfonamides is 2. The molecule has 1 atom stereocenters. The molecule has 0 radical (unpaired) electrons. The number of benzene rings is 1. The van der Waals surface area contributed by atoms with E-state index in [1.54, 1.807) is 12.1 Å². The molecule has 8 heteroatoms. The van der Waals surface area contributed by atoms with E-state index in [-0.39, 0.29) is 11.4 Å². The molecule has 0 saturated carbocycles. The maximum atomic E-state index is 13.0. The molecule has 0 amide bonds. The standard InChI is InChI=1S/C17H26N2O4S2/c1-3-15-6-8-16(9-7-15)25(22,23)18-12-4-10-17(14-18)11-5-13-19(17)24(2,20)21/h6-9H,3-5,10-14H2,1-2H3. The molecule has 0 N–H and O–H groups in total. The summed E-state index contributed by atoms with van der Waals surface area (Å²) in [4.78, 5) is 0.283. The molecule has 140 valence electrons. The van der Waals surface area contributed by atoms with Gasteiger partial charge >= 0.3 is 0 Å². The lowest BCUT2D eigenvalue weighted by atomic mass is 9.89. The molecular formula is C17H26N2O4S2. The van der Waals surface area contributed by atoms with Gasteiger partial charge in [-0.15, -0.1) is 0 Å². The topological polar surface area (TPSA) is 74.8 Å². The lowest BCUT2D eigenvalue weighted by molar-refractivity contribution is 0.138. The number of nitrogens with zero attached hydrogens (tertiary/aromatic N) is 2. The van der Waals surface area contributed by atoms with Crippen molar-refractivity contribution in [3.05, 3.63) is 29.8 Å². The molecule has 2 fully saturated rings. The van der Waals surface area contributed by atoms with Gasteiger partial charge in [0.05, 0.1) is 11.2 Å². The molecule has 1 spiro atoms. The van der Waals surface area contributed by atoms with Crippen LogP contribution in [0.3, 0.4) is 0 Å². The van der Waals surface area contributed by atoms with Crippen molar-refractivity contribution in [3.63, 3.8) is 0 Å². The highest BCUT2D eigenvalue weighted by molar-refractivity contribution is 7.89. The van der Waals surface area contributed by atoms with E-state index in [1.807, 2.05) is 19.1 Å². The minimum Gasteiger partial charge on any atom is -0.212 e. The summed E-state index contributed by atoms with van der Waals surface area (Å²) in [7, 11) is -6.95. The summed E-state index contributed by atoms with van der Waals surface area (Å²) in [5.41, 5.74) is 0.510. The smallest absolute Gasteiger partial charge is 0.212 e. The molecule has 1 aromatic carbocycles. The van der Waals surface area contributed by atoms with Crippen LogP contribution in [-0.4, -0.2) is 56.9 Å². The molecule has 0 aromatic heterocycles. The van der Waals surface area contributed by atoms with Crippen molar-refractivity contribution in [1.82, 2.24) is 8.61 Å². The number of rotatable bonds is 4. The van der Waals surface area contributed by atoms with Crippen LogP contribution in [0.25, 0.3) is 0 Å². The largest absolute Gasteiger partial charge is 0.243 e. The summed E-state index contributed by atoms with van der Waals surface area (Å²) in [5.74, 6) is 0. The van der Waals surface area contributed by atoms with Gasteiger partial charge in [0, 0.05) is 25.2 Å². The molecule has 2 heterocycles. The van der Waals surface area contributed by atoms with Gasteiger partial charge in [-0.05, 0) is 49.8 Å². The zero-order chi connectivity index (χ0) is 18.3. The fourth-order valence-electron chi connectivity index (χ4n) is 4.16. The first-order valence-corrected chi connectivity index (χ1v) is 12.0. The van der Waals surface area contributed by atoms with E-state index in [9.17, 15) is 16.8 Å². The van der Waals surface area contributed by atoms with E-state index >= 15 is 0 Å². The Morgan fingerprint density at radius 2 is 1.60 bits per heavy atom. The Bertz CT molecular complexity index is 834. The number of aryl methyl sites for hydroxylation is 1. The molecule has 2 saturated heterocycles. The van der Waals surface area contributed by atoms with Crippen LogP contribution in [0.5, 0.6) is 0 Å². The van der Waals surface area contributed by atoms with Crippen LogP contribution >= 0.6 is 0 Å². The van der Waals surface area contributed by atoms with E-state index in [0.717, 1.165) is 31.2 Å². The van der Waals surface area contributed by atoms with Crippen molar-refractivity contribution < 1.29 is 16.8 Å². The summed E-state index contributed by atoms with van der Waals surface area (Å²) in [6.45, 7) is 3.20. The average Bonchev–Trinajstić information content (AvgIpc) is 2.98. The van der Waals surface area contributed by atoms with E-state index in [1.165, 1.54) is 14.9 Å². The van der Waals surface area contributed by atoms with Crippen molar-refractivity contribution in [2.45, 2.75) is 49.5 Å². The molecule has 0 aliphatic carbocycles. The second-order valence-corrected chi connectivity index (χ2v) is 10.9. The second kappa shape index (κ2) is 6.64. The van der Waals surface area contributed by atoms with Gasteiger partial charge in [-0.1, -0.05) is 19.1 Å². The summed E-state index contributed by atoms with van der Waals surface area (Å²) in [5, 5.41) is 0. The fourth-order valence-corrected chi connectivity index (χ4v) is 7.12. The maximum absolute atomic E-state index is 13.0. The van der Waals surface area contributed by atoms with Crippen molar-refractivity contribution >= 4 is 20.0 Å². The van der Waals surface area contributed by atoms with Crippen LogP contribution in [0.15, 0.2) is 29.2 Å². The monoisotopic (exact) mass is 386 g/mol. The highest BCUT2D eigenvalue weighted by Gasteiger charge is 2.49. The summed E-state index contributed by atoms with van der Waals surface area (Å²) >= 11 is 0. The molecule has 3 rings (SSSR count). The Labute approximate surface area is 150 Å². The van der Waals surface area contributed by atoms with E-state index in [4.69, 9.17) is 0 Å². The minimum absolute atomic E-state index is 0.248. The lowest BCUT2D eigenvalue weighted by Gasteiger charge is -2.44. The highest BCUT2D eigenvalue weighted by atomic mass is 32.2. The van der Waals surface area contributed by atoms with Gasteiger partial charge < -0.3 is 0 Å². The molecule has 6 nitrogen and oxygen atoms in total. The first-order valence-electron chi connectivity index (χ1n) is 8.76. The zero-order valence-corrected chi connectivity index (χ0v) is 16.4. The van der Waals surface area contributed by atoms with Crippen molar-refractivity contribution in [1.29, 1.82) is 0 Å². The summed E-state index contributed by atoms with van der Waals surface area (Å²) in [6.07, 6.45) is 4.99. The Morgan fingerprint density at radius 1 is 1.00 bits per heavy atom. The first kappa shape index (κ1) is 18.8. The van der Waals surface area contributed by atoms with Gasteiger partial charge in [0.15, 0.2) is 0 Å². The number of hydrogen-bond acceptors (Lipinski definition) is 4. The van der Waals surface area contributed by atoms with Gasteiger partial charge in [0.2, 0.25) is 20.0 Å². The molecule has 2 aliphatic heterocycles. The first-order chi connectivity index (χ1) is 11.7. The Kier molecular flexibility index (Phi) is 5.00. The van der Waals surface area contributed by atoms with Gasteiger partial charge in [0.1, 0.15) is 0 Å². The Balaban J connectivity index is 1.90. The van der Waals surface area contributed by atoms with Crippen LogP contribution in [0.2, 0.25) is 0 Å². The molecular weight excluding hydrogens is 360 g/mol. The fraction of sp³-hybridized carbons (Fsp3) is 0.647. The highest BCUT2D eigenvalue weighted by Crippen LogP contribution is 2.40. The van der Waals surface area contributed by atoms with Crippen molar-refractivity contribution in [2.75, 3.05) is 25.9 Å². The molecule has 0 bridgehead atoms. The minimum atomic E-state index is -3.61. The van der Waals surface area contributed by atoms with Crippen LogP contribution in [-0.2, 0) is 26.5 Å². The van der Waals surface area contributed by atoms with Crippen molar-refractivity contribution in [2.24, 2.45) is 0 Å². The van der Waals surface area contributed by atoms with Gasteiger partial charge in [-0.25, -0.2) is 16.8 Å². The van der Waals surface area contributed by atoms with Crippen LogP contribution in [0.1, 0.15) is 38.2 Å². The Hall–Kier alpha value is -0.960. The predicted molar refractivity (Wildman–Crippen MR) is 97.3 cm³/mol. The maximum Gasteiger partial charge on any atom is 0.243 e. The molecule has 1 aromatic rings. The van der Waals surface area contributed by atoms with Gasteiger partial charge in [-0.2, -0.15) is 8.61 Å². The quantitative estimate of drug-likeness (QED) is 0.791. The average molecular weight is 387 g/mol. The van der Waals surface area contributed by atoms with Gasteiger partial charge in [0.25, 0.3) is 0 Å². The van der Waals surface area contributed by atoms with Crippen LogP contribution in [0.4, 0.5) is 0 Å². The van der Waals surface area contributed by atoms with Crippen LogP contribution < -0.4 is 0 Å². The lowest BCUT2D eigenvalue weighted by Crippen LogP contribution is -2.58. The van der Waals surface area contributed by atoms with Crippen LogP contribution in [0, 0.1) is 0 Å². The predicted octanol–water partition coefficient (Wildman–Crippen LogP) is 1.83. The number of piperidine rings is 1. The van der Waals surface area contributed by atoms with E-state index < -0.39 is 25.6 Å². The zero-order valence-electron chi connectivity index (χ0n) is 14.8. The normalized spacial score (nSPS) is 26.3. The molecule has 25 heavy (non-hydrogen) atoms. The van der Waals surface area contributed by atoms with E-state index in [2.05, 4.69) is 0 Å². The van der Waals surface area contributed by atoms with Gasteiger partial charge in [-0.3, -0.25) is 0 Å².